The maximum absolute atomic E-state index is 6.01. The highest BCUT2D eigenvalue weighted by Crippen LogP contribution is 2.42. The van der Waals surface area contributed by atoms with E-state index in [-0.39, 0.29) is 6.10 Å². The molecule has 1 heteroatoms. The Balaban J connectivity index is 2.24. The predicted molar refractivity (Wildman–Crippen MR) is 65.5 cm³/mol. The second kappa shape index (κ2) is 3.67. The van der Waals surface area contributed by atoms with Gasteiger partial charge in [-0.2, -0.15) is 0 Å². The summed E-state index contributed by atoms with van der Waals surface area (Å²) in [5, 5.41) is 0. The van der Waals surface area contributed by atoms with Crippen molar-refractivity contribution in [1.82, 2.24) is 0 Å². The number of benzene rings is 2. The molecule has 0 radical (unpaired) electrons. The minimum Gasteiger partial charge on any atom is -0.485 e. The zero-order chi connectivity index (χ0) is 11.0. The van der Waals surface area contributed by atoms with E-state index in [1.165, 1.54) is 16.7 Å². The molecule has 0 spiro atoms. The van der Waals surface area contributed by atoms with Gasteiger partial charge in [0.1, 0.15) is 11.9 Å². The lowest BCUT2D eigenvalue weighted by Crippen LogP contribution is -2.12. The maximum Gasteiger partial charge on any atom is 0.128 e. The molecule has 1 heterocycles. The Morgan fingerprint density at radius 2 is 1.62 bits per heavy atom. The van der Waals surface area contributed by atoms with E-state index in [0.29, 0.717) is 0 Å². The van der Waals surface area contributed by atoms with Gasteiger partial charge in [-0.25, -0.2) is 0 Å². The fourth-order valence-corrected chi connectivity index (χ4v) is 2.33. The Morgan fingerprint density at radius 3 is 2.44 bits per heavy atom. The van der Waals surface area contributed by atoms with Gasteiger partial charge in [0.15, 0.2) is 0 Å². The van der Waals surface area contributed by atoms with Gasteiger partial charge in [0.05, 0.1) is 0 Å². The van der Waals surface area contributed by atoms with E-state index < -0.39 is 0 Å². The third kappa shape index (κ3) is 1.32. The van der Waals surface area contributed by atoms with Crippen molar-refractivity contribution in [3.63, 3.8) is 0 Å². The molecule has 1 aliphatic rings. The highest BCUT2D eigenvalue weighted by molar-refractivity contribution is 5.75. The molecule has 1 unspecified atom stereocenters. The largest absolute Gasteiger partial charge is 0.485 e. The molecule has 16 heavy (non-hydrogen) atoms. The molecular weight excluding hydrogens is 196 g/mol. The summed E-state index contributed by atoms with van der Waals surface area (Å²) in [4.78, 5) is 0. The van der Waals surface area contributed by atoms with E-state index in [4.69, 9.17) is 4.74 Å². The Kier molecular flexibility index (Phi) is 2.17. The van der Waals surface area contributed by atoms with E-state index in [1.54, 1.807) is 0 Å². The summed E-state index contributed by atoms with van der Waals surface area (Å²) in [5.41, 5.74) is 3.84. The SMILES string of the molecule is CCC1Oc2ccccc2-c2ccccc21. The van der Waals surface area contributed by atoms with Crippen molar-refractivity contribution >= 4 is 0 Å². The van der Waals surface area contributed by atoms with Gasteiger partial charge in [0.25, 0.3) is 0 Å². The third-order valence-corrected chi connectivity index (χ3v) is 3.12. The lowest BCUT2D eigenvalue weighted by molar-refractivity contribution is 0.198. The summed E-state index contributed by atoms with van der Waals surface area (Å²) in [6, 6.07) is 16.8. The van der Waals surface area contributed by atoms with Crippen LogP contribution in [0.4, 0.5) is 0 Å². The van der Waals surface area contributed by atoms with Crippen LogP contribution in [0.1, 0.15) is 25.0 Å². The van der Waals surface area contributed by atoms with Crippen LogP contribution in [0.5, 0.6) is 5.75 Å². The van der Waals surface area contributed by atoms with Crippen molar-refractivity contribution < 1.29 is 4.74 Å². The highest BCUT2D eigenvalue weighted by Gasteiger charge is 2.23. The number of rotatable bonds is 1. The average molecular weight is 210 g/mol. The van der Waals surface area contributed by atoms with Gasteiger partial charge in [0.2, 0.25) is 0 Å². The van der Waals surface area contributed by atoms with Crippen molar-refractivity contribution in [2.75, 3.05) is 0 Å². The molecular formula is C15H14O. The first-order chi connectivity index (χ1) is 7.90. The molecule has 2 aromatic rings. The van der Waals surface area contributed by atoms with Crippen LogP contribution in [0, 0.1) is 0 Å². The van der Waals surface area contributed by atoms with Crippen LogP contribution in [0.2, 0.25) is 0 Å². The van der Waals surface area contributed by atoms with Crippen LogP contribution >= 0.6 is 0 Å². The molecule has 0 saturated carbocycles. The summed E-state index contributed by atoms with van der Waals surface area (Å²) in [6.45, 7) is 2.16. The lowest BCUT2D eigenvalue weighted by atomic mass is 9.92. The van der Waals surface area contributed by atoms with Gasteiger partial charge in [-0.3, -0.25) is 0 Å². The molecule has 0 fully saturated rings. The number of ether oxygens (including phenoxy) is 1. The molecule has 0 N–H and O–H groups in total. The van der Waals surface area contributed by atoms with Crippen LogP contribution in [0.15, 0.2) is 48.5 Å². The third-order valence-electron chi connectivity index (χ3n) is 3.12. The number of fused-ring (bicyclic) bond motifs is 3. The fourth-order valence-electron chi connectivity index (χ4n) is 2.33. The summed E-state index contributed by atoms with van der Waals surface area (Å²) in [5.74, 6) is 1.01. The number of hydrogen-bond donors (Lipinski definition) is 0. The fraction of sp³-hybridized carbons (Fsp3) is 0.200. The van der Waals surface area contributed by atoms with E-state index in [1.807, 2.05) is 12.1 Å². The van der Waals surface area contributed by atoms with E-state index in [9.17, 15) is 0 Å². The molecule has 2 aromatic carbocycles. The zero-order valence-electron chi connectivity index (χ0n) is 9.31. The molecule has 3 rings (SSSR count). The zero-order valence-corrected chi connectivity index (χ0v) is 9.31. The van der Waals surface area contributed by atoms with Crippen molar-refractivity contribution in [2.45, 2.75) is 19.4 Å². The second-order valence-corrected chi connectivity index (χ2v) is 4.10. The van der Waals surface area contributed by atoms with Crippen LogP contribution in [-0.4, -0.2) is 0 Å². The predicted octanol–water partition coefficient (Wildman–Crippen LogP) is 4.20. The van der Waals surface area contributed by atoms with Gasteiger partial charge in [-0.15, -0.1) is 0 Å². The molecule has 0 aliphatic carbocycles. The molecule has 0 saturated heterocycles. The van der Waals surface area contributed by atoms with Crippen LogP contribution in [0.25, 0.3) is 11.1 Å². The Labute approximate surface area is 95.7 Å². The van der Waals surface area contributed by atoms with Gasteiger partial charge < -0.3 is 4.74 Å². The molecule has 0 bridgehead atoms. The van der Waals surface area contributed by atoms with Crippen LogP contribution < -0.4 is 4.74 Å². The first kappa shape index (κ1) is 9.46. The lowest BCUT2D eigenvalue weighted by Gasteiger charge is -2.27. The first-order valence-corrected chi connectivity index (χ1v) is 5.75. The highest BCUT2D eigenvalue weighted by atomic mass is 16.5. The van der Waals surface area contributed by atoms with Gasteiger partial charge >= 0.3 is 0 Å². The standard InChI is InChI=1S/C15H14O/c1-2-14-12-8-4-3-7-11(12)13-9-5-6-10-15(13)16-14/h3-10,14H,2H2,1H3. The molecule has 80 valence electrons. The normalized spacial score (nSPS) is 17.2. The van der Waals surface area contributed by atoms with Crippen molar-refractivity contribution in [1.29, 1.82) is 0 Å². The first-order valence-electron chi connectivity index (χ1n) is 5.75. The smallest absolute Gasteiger partial charge is 0.128 e. The minimum atomic E-state index is 0.200. The Hall–Kier alpha value is -1.76. The Bertz CT molecular complexity index is 516. The van der Waals surface area contributed by atoms with Gasteiger partial charge in [-0.05, 0) is 18.1 Å². The molecule has 1 nitrogen and oxygen atoms in total. The monoisotopic (exact) mass is 210 g/mol. The molecule has 0 amide bonds. The van der Waals surface area contributed by atoms with Crippen LogP contribution in [-0.2, 0) is 0 Å². The van der Waals surface area contributed by atoms with Gasteiger partial charge in [-0.1, -0.05) is 49.4 Å². The topological polar surface area (TPSA) is 9.23 Å². The van der Waals surface area contributed by atoms with E-state index in [2.05, 4.69) is 43.3 Å². The molecule has 1 atom stereocenters. The minimum absolute atomic E-state index is 0.200. The number of hydrogen-bond acceptors (Lipinski definition) is 1. The average Bonchev–Trinajstić information content (AvgIpc) is 2.38. The van der Waals surface area contributed by atoms with Gasteiger partial charge in [0, 0.05) is 11.1 Å². The number of para-hydroxylation sites is 1. The van der Waals surface area contributed by atoms with Crippen molar-refractivity contribution in [3.8, 4) is 16.9 Å². The summed E-state index contributed by atoms with van der Waals surface area (Å²) in [7, 11) is 0. The van der Waals surface area contributed by atoms with Crippen LogP contribution in [0.3, 0.4) is 0 Å². The molecule has 0 aromatic heterocycles. The van der Waals surface area contributed by atoms with Crippen molar-refractivity contribution in [2.24, 2.45) is 0 Å². The summed E-state index contributed by atoms with van der Waals surface area (Å²) < 4.78 is 6.01. The second-order valence-electron chi connectivity index (χ2n) is 4.10. The van der Waals surface area contributed by atoms with Crippen molar-refractivity contribution in [3.05, 3.63) is 54.1 Å². The molecule has 1 aliphatic heterocycles. The summed E-state index contributed by atoms with van der Waals surface area (Å²) >= 11 is 0. The quantitative estimate of drug-likeness (QED) is 0.685. The van der Waals surface area contributed by atoms with E-state index in [0.717, 1.165) is 12.2 Å². The van der Waals surface area contributed by atoms with E-state index >= 15 is 0 Å². The maximum atomic E-state index is 6.01. The Morgan fingerprint density at radius 1 is 0.938 bits per heavy atom. The summed E-state index contributed by atoms with van der Waals surface area (Å²) in [6.07, 6.45) is 1.21.